The Morgan fingerprint density at radius 1 is 0.453 bits per heavy atom. The summed E-state index contributed by atoms with van der Waals surface area (Å²) in [4.78, 5) is 85.7. The van der Waals surface area contributed by atoms with Crippen molar-refractivity contribution in [1.29, 1.82) is 0 Å². The van der Waals surface area contributed by atoms with Gasteiger partial charge in [-0.1, -0.05) is 73.8 Å². The summed E-state index contributed by atoms with van der Waals surface area (Å²) >= 11 is 0. The van der Waals surface area contributed by atoms with Crippen molar-refractivity contribution in [2.24, 2.45) is 23.7 Å². The maximum atomic E-state index is 13.8. The van der Waals surface area contributed by atoms with E-state index in [4.69, 9.17) is 38.4 Å². The Morgan fingerprint density at radius 3 is 1.09 bits per heavy atom. The minimum absolute atomic E-state index is 0.154. The molecule has 0 amide bonds. The van der Waals surface area contributed by atoms with Gasteiger partial charge in [-0.05, 0) is 89.2 Å². The normalized spacial score (nSPS) is 18.2. The number of esters is 6. The molecule has 0 spiro atoms. The number of benzene rings is 3. The predicted octanol–water partition coefficient (Wildman–Crippen LogP) is 8.49. The summed E-state index contributed by atoms with van der Waals surface area (Å²) in [6, 6.07) is 22.2. The Labute approximate surface area is 372 Å². The van der Waals surface area contributed by atoms with Gasteiger partial charge < -0.3 is 28.4 Å². The number of fused-ring (bicyclic) bond motifs is 1. The lowest BCUT2D eigenvalue weighted by Gasteiger charge is -2.26. The van der Waals surface area contributed by atoms with Gasteiger partial charge in [-0.2, -0.15) is 0 Å². The van der Waals surface area contributed by atoms with Gasteiger partial charge in [-0.25, -0.2) is 19.6 Å². The van der Waals surface area contributed by atoms with Crippen LogP contribution in [0.2, 0.25) is 0 Å². The zero-order valence-electron chi connectivity index (χ0n) is 35.9. The van der Waals surface area contributed by atoms with Gasteiger partial charge in [0.05, 0.1) is 61.5 Å². The van der Waals surface area contributed by atoms with E-state index in [0.29, 0.717) is 88.4 Å². The number of hydrogen-bond acceptors (Lipinski definition) is 14. The van der Waals surface area contributed by atoms with Crippen molar-refractivity contribution < 1.29 is 57.2 Å². The summed E-state index contributed by atoms with van der Waals surface area (Å²) in [6.07, 6.45) is 7.96. The van der Waals surface area contributed by atoms with Gasteiger partial charge in [0.25, 0.3) is 0 Å². The summed E-state index contributed by atoms with van der Waals surface area (Å²) in [5, 5.41) is 0. The molecular weight excluding hydrogens is 821 g/mol. The Balaban J connectivity index is 1.13. The molecule has 3 aromatic carbocycles. The molecule has 0 atom stereocenters. The van der Waals surface area contributed by atoms with E-state index < -0.39 is 35.7 Å². The van der Waals surface area contributed by atoms with Crippen LogP contribution in [0.25, 0.3) is 33.5 Å². The molecule has 1 heterocycles. The average molecular weight is 875 g/mol. The van der Waals surface area contributed by atoms with Crippen molar-refractivity contribution in [1.82, 2.24) is 9.97 Å². The van der Waals surface area contributed by atoms with Gasteiger partial charge >= 0.3 is 35.8 Å². The van der Waals surface area contributed by atoms with Gasteiger partial charge in [-0.3, -0.25) is 19.2 Å². The first-order valence-electron chi connectivity index (χ1n) is 22.0. The molecule has 2 fully saturated rings. The molecule has 0 aliphatic heterocycles. The number of carbonyl (C=O) groups is 6. The van der Waals surface area contributed by atoms with Gasteiger partial charge in [0.15, 0.2) is 11.5 Å². The first-order chi connectivity index (χ1) is 31.1. The molecule has 2 saturated carbocycles. The van der Waals surface area contributed by atoms with E-state index >= 15 is 0 Å². The highest BCUT2D eigenvalue weighted by Crippen LogP contribution is 2.40. The van der Waals surface area contributed by atoms with Gasteiger partial charge in [0, 0.05) is 23.3 Å². The molecule has 0 unspecified atom stereocenters. The van der Waals surface area contributed by atoms with Crippen LogP contribution in [0.5, 0.6) is 11.5 Å². The first-order valence-corrected chi connectivity index (χ1v) is 22.0. The molecular formula is C50H54N2O12. The van der Waals surface area contributed by atoms with Crippen LogP contribution < -0.4 is 9.47 Å². The highest BCUT2D eigenvalue weighted by atomic mass is 16.6. The van der Waals surface area contributed by atoms with Gasteiger partial charge in [-0.15, -0.1) is 0 Å². The summed E-state index contributed by atoms with van der Waals surface area (Å²) < 4.78 is 33.0. The Hall–Kier alpha value is -6.70. The smallest absolute Gasteiger partial charge is 0.330 e. The second-order valence-corrected chi connectivity index (χ2v) is 15.8. The summed E-state index contributed by atoms with van der Waals surface area (Å²) in [7, 11) is 0. The molecule has 4 aromatic rings. The molecule has 6 rings (SSSR count). The minimum atomic E-state index is -0.495. The Morgan fingerprint density at radius 2 is 0.766 bits per heavy atom. The predicted molar refractivity (Wildman–Crippen MR) is 235 cm³/mol. The van der Waals surface area contributed by atoms with Crippen molar-refractivity contribution in [2.45, 2.75) is 77.0 Å². The van der Waals surface area contributed by atoms with E-state index in [0.717, 1.165) is 23.3 Å². The summed E-state index contributed by atoms with van der Waals surface area (Å²) in [6.45, 7) is 7.58. The lowest BCUT2D eigenvalue weighted by atomic mass is 9.82. The van der Waals surface area contributed by atoms with Crippen LogP contribution in [-0.4, -0.2) is 72.2 Å². The molecule has 0 bridgehead atoms. The third-order valence-corrected chi connectivity index (χ3v) is 11.4. The standard InChI is InChI=1S/C50H54N2O12/c1-3-41(53)59-29-11-13-31-61-47(55)35-19-23-37(24-20-35)49(57)63-39-27-28-40(46-45(39)51-43(33-15-7-5-8-16-33)44(52-46)34-17-9-6-10-18-34)64-50(58)38-25-21-36(22-26-38)48(56)62-32-14-12-30-60-42(54)4-2/h3-10,15-18,27-28,35-38H,1-2,11-14,19-26,29-32H2. The molecule has 1 aromatic heterocycles. The zero-order valence-corrected chi connectivity index (χ0v) is 35.9. The Bertz CT molecular complexity index is 2120. The largest absolute Gasteiger partial charge is 0.465 e. The van der Waals surface area contributed by atoms with Crippen LogP contribution >= 0.6 is 0 Å². The highest BCUT2D eigenvalue weighted by Gasteiger charge is 2.34. The van der Waals surface area contributed by atoms with E-state index in [1.165, 1.54) is 0 Å². The third kappa shape index (κ3) is 12.9. The molecule has 336 valence electrons. The number of nitrogens with zero attached hydrogens (tertiary/aromatic N) is 2. The maximum Gasteiger partial charge on any atom is 0.330 e. The molecule has 14 nitrogen and oxygen atoms in total. The van der Waals surface area contributed by atoms with Crippen molar-refractivity contribution in [3.05, 3.63) is 98.1 Å². The van der Waals surface area contributed by atoms with Crippen molar-refractivity contribution in [2.75, 3.05) is 26.4 Å². The van der Waals surface area contributed by atoms with E-state index in [2.05, 4.69) is 13.2 Å². The second-order valence-electron chi connectivity index (χ2n) is 15.8. The number of unbranched alkanes of at least 4 members (excludes halogenated alkanes) is 2. The first kappa shape index (κ1) is 46.8. The molecule has 64 heavy (non-hydrogen) atoms. The molecule has 2 aliphatic carbocycles. The van der Waals surface area contributed by atoms with E-state index in [-0.39, 0.29) is 72.7 Å². The van der Waals surface area contributed by atoms with Crippen LogP contribution in [0.1, 0.15) is 77.0 Å². The number of aromatic nitrogens is 2. The van der Waals surface area contributed by atoms with Crippen molar-refractivity contribution in [3.8, 4) is 34.0 Å². The lowest BCUT2D eigenvalue weighted by molar-refractivity contribution is -0.152. The summed E-state index contributed by atoms with van der Waals surface area (Å²) in [5.74, 6) is -3.85. The molecule has 0 saturated heterocycles. The van der Waals surface area contributed by atoms with Crippen molar-refractivity contribution >= 4 is 46.8 Å². The molecule has 0 N–H and O–H groups in total. The second kappa shape index (κ2) is 23.7. The van der Waals surface area contributed by atoms with E-state index in [9.17, 15) is 28.8 Å². The maximum absolute atomic E-state index is 13.8. The van der Waals surface area contributed by atoms with Gasteiger partial charge in [0.2, 0.25) is 0 Å². The molecule has 2 aliphatic rings. The number of carbonyl (C=O) groups excluding carboxylic acids is 6. The Kier molecular flexibility index (Phi) is 17.3. The third-order valence-electron chi connectivity index (χ3n) is 11.4. The fraction of sp³-hybridized carbons (Fsp3) is 0.400. The number of ether oxygens (including phenoxy) is 6. The van der Waals surface area contributed by atoms with Crippen LogP contribution in [-0.2, 0) is 47.7 Å². The fourth-order valence-corrected chi connectivity index (χ4v) is 7.81. The minimum Gasteiger partial charge on any atom is -0.465 e. The highest BCUT2D eigenvalue weighted by molar-refractivity contribution is 5.95. The van der Waals surface area contributed by atoms with E-state index in [1.807, 2.05) is 60.7 Å². The molecule has 0 radical (unpaired) electrons. The lowest BCUT2D eigenvalue weighted by Crippen LogP contribution is -2.30. The van der Waals surface area contributed by atoms with Crippen LogP contribution in [0, 0.1) is 23.7 Å². The van der Waals surface area contributed by atoms with E-state index in [1.54, 1.807) is 12.1 Å². The van der Waals surface area contributed by atoms with Crippen LogP contribution in [0.4, 0.5) is 0 Å². The quantitative estimate of drug-likeness (QED) is 0.0271. The SMILES string of the molecule is C=CC(=O)OCCCCOC(=O)C1CCC(C(=O)Oc2ccc(OC(=O)C3CCC(C(=O)OCCCCOC(=O)C=C)CC3)c3nc(-c4ccccc4)c(-c4ccccc4)nc23)CC1. The fourth-order valence-electron chi connectivity index (χ4n) is 7.81. The number of hydrogen-bond donors (Lipinski definition) is 0. The molecule has 14 heteroatoms. The van der Waals surface area contributed by atoms with Crippen LogP contribution in [0.15, 0.2) is 98.1 Å². The summed E-state index contributed by atoms with van der Waals surface area (Å²) in [5.41, 5.74) is 3.11. The zero-order chi connectivity index (χ0) is 45.3. The van der Waals surface area contributed by atoms with Crippen LogP contribution in [0.3, 0.4) is 0 Å². The topological polar surface area (TPSA) is 184 Å². The number of rotatable bonds is 20. The van der Waals surface area contributed by atoms with Crippen molar-refractivity contribution in [3.63, 3.8) is 0 Å². The average Bonchev–Trinajstić information content (AvgIpc) is 3.34. The monoisotopic (exact) mass is 874 g/mol. The van der Waals surface area contributed by atoms with Gasteiger partial charge in [0.1, 0.15) is 11.0 Å².